The predicted molar refractivity (Wildman–Crippen MR) is 84.2 cm³/mol. The molecule has 0 unspecified atom stereocenters. The van der Waals surface area contributed by atoms with Gasteiger partial charge in [-0.2, -0.15) is 4.98 Å². The van der Waals surface area contributed by atoms with E-state index in [1.54, 1.807) is 6.92 Å². The molecular weight excluding hydrogens is 310 g/mol. The molecule has 0 fully saturated rings. The Kier molecular flexibility index (Phi) is 4.41. The Labute approximate surface area is 138 Å². The molecule has 7 heteroatoms. The number of hydrogen-bond donors (Lipinski definition) is 0. The summed E-state index contributed by atoms with van der Waals surface area (Å²) in [4.78, 5) is 16.6. The van der Waals surface area contributed by atoms with E-state index in [9.17, 15) is 4.79 Å². The van der Waals surface area contributed by atoms with Crippen molar-refractivity contribution in [2.24, 2.45) is 0 Å². The number of esters is 1. The van der Waals surface area contributed by atoms with Crippen LogP contribution in [0.3, 0.4) is 0 Å². The lowest BCUT2D eigenvalue weighted by Gasteiger charge is -2.03. The highest BCUT2D eigenvalue weighted by molar-refractivity contribution is 5.97. The fourth-order valence-corrected chi connectivity index (χ4v) is 2.17. The Morgan fingerprint density at radius 3 is 2.58 bits per heavy atom. The zero-order valence-electron chi connectivity index (χ0n) is 13.6. The van der Waals surface area contributed by atoms with Crippen LogP contribution in [0.15, 0.2) is 39.4 Å². The normalized spacial score (nSPS) is 11.0. The van der Waals surface area contributed by atoms with Crippen LogP contribution in [-0.4, -0.2) is 21.3 Å². The number of aryl methyl sites for hydroxylation is 1. The van der Waals surface area contributed by atoms with Gasteiger partial charge in [-0.3, -0.25) is 0 Å². The molecule has 0 atom stereocenters. The van der Waals surface area contributed by atoms with E-state index in [0.29, 0.717) is 22.8 Å². The number of carbonyl (C=O) groups is 1. The molecule has 0 bridgehead atoms. The van der Waals surface area contributed by atoms with Crippen LogP contribution >= 0.6 is 0 Å². The summed E-state index contributed by atoms with van der Waals surface area (Å²) >= 11 is 0. The third-order valence-corrected chi connectivity index (χ3v) is 3.44. The molecule has 124 valence electrons. The van der Waals surface area contributed by atoms with Gasteiger partial charge in [-0.1, -0.05) is 54.5 Å². The zero-order valence-corrected chi connectivity index (χ0v) is 13.6. The molecule has 0 saturated carbocycles. The molecule has 2 aromatic heterocycles. The highest BCUT2D eigenvalue weighted by Crippen LogP contribution is 2.26. The molecular formula is C17H17N3O4. The van der Waals surface area contributed by atoms with Gasteiger partial charge in [-0.15, -0.1) is 0 Å². The average Bonchev–Trinajstić information content (AvgIpc) is 3.20. The van der Waals surface area contributed by atoms with Gasteiger partial charge in [0.15, 0.2) is 12.4 Å². The minimum Gasteiger partial charge on any atom is -0.452 e. The molecule has 0 saturated heterocycles. The third kappa shape index (κ3) is 3.19. The van der Waals surface area contributed by atoms with E-state index in [1.165, 1.54) is 0 Å². The number of aromatic nitrogens is 3. The second-order valence-corrected chi connectivity index (χ2v) is 5.61. The molecule has 0 aliphatic rings. The maximum Gasteiger partial charge on any atom is 0.344 e. The number of rotatable bonds is 5. The predicted octanol–water partition coefficient (Wildman–Crippen LogP) is 3.51. The van der Waals surface area contributed by atoms with Gasteiger partial charge in [0, 0.05) is 11.5 Å². The van der Waals surface area contributed by atoms with E-state index in [1.807, 2.05) is 44.2 Å². The van der Waals surface area contributed by atoms with Gasteiger partial charge >= 0.3 is 5.97 Å². The van der Waals surface area contributed by atoms with Crippen molar-refractivity contribution in [3.8, 4) is 11.3 Å². The summed E-state index contributed by atoms with van der Waals surface area (Å²) < 4.78 is 15.5. The first-order valence-electron chi connectivity index (χ1n) is 7.57. The van der Waals surface area contributed by atoms with Crippen LogP contribution < -0.4 is 0 Å². The monoisotopic (exact) mass is 327 g/mol. The second kappa shape index (κ2) is 6.66. The summed E-state index contributed by atoms with van der Waals surface area (Å²) in [7, 11) is 0. The highest BCUT2D eigenvalue weighted by atomic mass is 16.6. The molecule has 0 amide bonds. The van der Waals surface area contributed by atoms with Gasteiger partial charge in [0.1, 0.15) is 17.0 Å². The van der Waals surface area contributed by atoms with Gasteiger partial charge in [0.25, 0.3) is 5.89 Å². The molecule has 1 aromatic carbocycles. The van der Waals surface area contributed by atoms with Crippen molar-refractivity contribution in [2.75, 3.05) is 0 Å². The van der Waals surface area contributed by atoms with Crippen molar-refractivity contribution in [3.05, 3.63) is 53.4 Å². The molecule has 0 aliphatic heterocycles. The summed E-state index contributed by atoms with van der Waals surface area (Å²) in [6.07, 6.45) is 0. The first-order chi connectivity index (χ1) is 11.6. The van der Waals surface area contributed by atoms with E-state index in [2.05, 4.69) is 15.3 Å². The van der Waals surface area contributed by atoms with Crippen LogP contribution in [0.5, 0.6) is 0 Å². The largest absolute Gasteiger partial charge is 0.452 e. The SMILES string of the molecule is Cc1onc(-c2ccccc2)c1C(=O)OCc1nc(C(C)C)no1. The van der Waals surface area contributed by atoms with Crippen molar-refractivity contribution in [2.45, 2.75) is 33.3 Å². The lowest BCUT2D eigenvalue weighted by molar-refractivity contribution is 0.0428. The molecule has 7 nitrogen and oxygen atoms in total. The lowest BCUT2D eigenvalue weighted by Crippen LogP contribution is -2.07. The van der Waals surface area contributed by atoms with Crippen LogP contribution in [0.25, 0.3) is 11.3 Å². The Balaban J connectivity index is 1.77. The number of benzene rings is 1. The summed E-state index contributed by atoms with van der Waals surface area (Å²) in [6.45, 7) is 5.47. The Morgan fingerprint density at radius 2 is 1.92 bits per heavy atom. The Hall–Kier alpha value is -2.96. The smallest absolute Gasteiger partial charge is 0.344 e. The van der Waals surface area contributed by atoms with Crippen molar-refractivity contribution in [3.63, 3.8) is 0 Å². The molecule has 2 heterocycles. The molecule has 24 heavy (non-hydrogen) atoms. The van der Waals surface area contributed by atoms with Crippen LogP contribution in [0, 0.1) is 6.92 Å². The first-order valence-corrected chi connectivity index (χ1v) is 7.57. The van der Waals surface area contributed by atoms with Gasteiger partial charge in [0.05, 0.1) is 0 Å². The summed E-state index contributed by atoms with van der Waals surface area (Å²) in [5.41, 5.74) is 1.53. The fourth-order valence-electron chi connectivity index (χ4n) is 2.17. The third-order valence-electron chi connectivity index (χ3n) is 3.44. The van der Waals surface area contributed by atoms with Crippen molar-refractivity contribution >= 4 is 5.97 Å². The zero-order chi connectivity index (χ0) is 17.1. The second-order valence-electron chi connectivity index (χ2n) is 5.61. The minimum absolute atomic E-state index is 0.0998. The van der Waals surface area contributed by atoms with Crippen molar-refractivity contribution in [1.29, 1.82) is 0 Å². The average molecular weight is 327 g/mol. The summed E-state index contributed by atoms with van der Waals surface area (Å²) in [5, 5.41) is 7.79. The number of carbonyl (C=O) groups excluding carboxylic acids is 1. The van der Waals surface area contributed by atoms with E-state index >= 15 is 0 Å². The van der Waals surface area contributed by atoms with Crippen LogP contribution in [-0.2, 0) is 11.3 Å². The molecule has 0 N–H and O–H groups in total. The molecule has 0 aliphatic carbocycles. The number of hydrogen-bond acceptors (Lipinski definition) is 7. The van der Waals surface area contributed by atoms with Crippen LogP contribution in [0.4, 0.5) is 0 Å². The number of nitrogens with zero attached hydrogens (tertiary/aromatic N) is 3. The molecule has 3 rings (SSSR count). The van der Waals surface area contributed by atoms with E-state index in [0.717, 1.165) is 5.56 Å². The van der Waals surface area contributed by atoms with Crippen molar-refractivity contribution in [1.82, 2.24) is 15.3 Å². The topological polar surface area (TPSA) is 91.2 Å². The molecule has 3 aromatic rings. The first kappa shape index (κ1) is 15.9. The van der Waals surface area contributed by atoms with E-state index in [4.69, 9.17) is 13.8 Å². The molecule has 0 spiro atoms. The quantitative estimate of drug-likeness (QED) is 0.662. The van der Waals surface area contributed by atoms with Crippen LogP contribution in [0.1, 0.15) is 47.6 Å². The molecule has 0 radical (unpaired) electrons. The Morgan fingerprint density at radius 1 is 1.17 bits per heavy atom. The maximum atomic E-state index is 12.4. The lowest BCUT2D eigenvalue weighted by atomic mass is 10.1. The maximum absolute atomic E-state index is 12.4. The van der Waals surface area contributed by atoms with Gasteiger partial charge in [0.2, 0.25) is 0 Å². The van der Waals surface area contributed by atoms with E-state index in [-0.39, 0.29) is 18.4 Å². The van der Waals surface area contributed by atoms with Gasteiger partial charge in [-0.05, 0) is 6.92 Å². The Bertz CT molecular complexity index is 837. The fraction of sp³-hybridized carbons (Fsp3) is 0.294. The van der Waals surface area contributed by atoms with E-state index < -0.39 is 5.97 Å². The van der Waals surface area contributed by atoms with Gasteiger partial charge in [-0.25, -0.2) is 4.79 Å². The summed E-state index contributed by atoms with van der Waals surface area (Å²) in [6, 6.07) is 9.30. The highest BCUT2D eigenvalue weighted by Gasteiger charge is 2.23. The number of ether oxygens (including phenoxy) is 1. The minimum atomic E-state index is -0.545. The standard InChI is InChI=1S/C17H17N3O4/c1-10(2)16-18-13(24-20-16)9-22-17(21)14-11(3)23-19-15(14)12-7-5-4-6-8-12/h4-8,10H,9H2,1-3H3. The van der Waals surface area contributed by atoms with Gasteiger partial charge < -0.3 is 13.8 Å². The van der Waals surface area contributed by atoms with Crippen molar-refractivity contribution < 1.29 is 18.6 Å². The van der Waals surface area contributed by atoms with Crippen LogP contribution in [0.2, 0.25) is 0 Å². The summed E-state index contributed by atoms with van der Waals surface area (Å²) in [5.74, 6) is 0.821.